The van der Waals surface area contributed by atoms with Crippen LogP contribution in [0.15, 0.2) is 129 Å². The third-order valence-corrected chi connectivity index (χ3v) is 15.2. The van der Waals surface area contributed by atoms with Crippen molar-refractivity contribution in [3.05, 3.63) is 176 Å². The number of Topliss-reactive ketones (excluding diaryl/α,β-unsaturated/α-hetero) is 1. The molecule has 18 nitrogen and oxygen atoms in total. The van der Waals surface area contributed by atoms with Gasteiger partial charge in [-0.1, -0.05) is 106 Å². The quantitative estimate of drug-likeness (QED) is 0.0351. The van der Waals surface area contributed by atoms with Crippen molar-refractivity contribution in [2.45, 2.75) is 95.0 Å². The lowest BCUT2D eigenvalue weighted by molar-refractivity contribution is 0.0590. The van der Waals surface area contributed by atoms with Gasteiger partial charge < -0.3 is 28.3 Å². The Kier molecular flexibility index (Phi) is 24.1. The number of alkyl halides is 2. The molecule has 25 heteroatoms. The van der Waals surface area contributed by atoms with Gasteiger partial charge in [0.2, 0.25) is 11.5 Å². The predicted molar refractivity (Wildman–Crippen MR) is 297 cm³/mol. The van der Waals surface area contributed by atoms with Crippen LogP contribution in [0.3, 0.4) is 0 Å². The number of carbonyl (C=O) groups excluding carboxylic acids is 2. The lowest BCUT2D eigenvalue weighted by Gasteiger charge is -2.21. The molecule has 418 valence electrons. The lowest BCUT2D eigenvalue weighted by atomic mass is 10.1. The highest BCUT2D eigenvalue weighted by atomic mass is 79.9. The van der Waals surface area contributed by atoms with Gasteiger partial charge in [0, 0.05) is 13.0 Å². The smallest absolute Gasteiger partial charge is 0.360 e. The summed E-state index contributed by atoms with van der Waals surface area (Å²) in [6.45, 7) is 5.09. The van der Waals surface area contributed by atoms with Gasteiger partial charge in [-0.05, 0) is 78.9 Å². The van der Waals surface area contributed by atoms with Crippen LogP contribution in [0.4, 0.5) is 8.78 Å². The minimum absolute atomic E-state index is 0.0933. The minimum atomic E-state index is -4.43. The molecule has 0 spiro atoms. The number of ether oxygens (including phenoxy) is 3. The minimum Gasteiger partial charge on any atom is -0.464 e. The van der Waals surface area contributed by atoms with E-state index in [1.807, 2.05) is 13.8 Å². The standard InChI is InChI=1S/C25H24BrFN2O6S.C18H19BrN2O7S.C7H8FN.3CH3.Al/c1-2-18-14-34-15-20(26)24-28-22(21(30)13-10-16-8-11-17(27)12-9-16)23(25(31)29(18)24)35-36(32,33)19-6-4-3-5-7-19;1-3-11-9-27-10-13(19)16-20-14(18(23)26-2)15(17(22)21(11)16)28-29(24,25)12-7-5-4-6-8-12;8-7-3-1-6(5-9)2-4-7;;;;/h3-9,11-12,18,20H,2,10,13-15H2,1H3;4-8,11,13H,3,9-10H2,1-2H3;1-4H,5,9H2;3*1H3;/t18-,20?;11-,13?;;;;;/m00...../s1. The van der Waals surface area contributed by atoms with Crippen molar-refractivity contribution < 1.29 is 57.8 Å². The van der Waals surface area contributed by atoms with Crippen molar-refractivity contribution in [1.29, 1.82) is 0 Å². The molecule has 0 fully saturated rings. The van der Waals surface area contributed by atoms with E-state index in [9.17, 15) is 44.8 Å². The first-order valence-corrected chi connectivity index (χ1v) is 32.7. The highest BCUT2D eigenvalue weighted by molar-refractivity contribution is 9.09. The Morgan fingerprint density at radius 1 is 0.654 bits per heavy atom. The lowest BCUT2D eigenvalue weighted by Crippen LogP contribution is -2.34. The van der Waals surface area contributed by atoms with E-state index >= 15 is 0 Å². The first kappa shape index (κ1) is 63.3. The molecule has 2 aromatic heterocycles. The zero-order valence-electron chi connectivity index (χ0n) is 43.6. The van der Waals surface area contributed by atoms with Crippen LogP contribution in [0.2, 0.25) is 17.4 Å². The maximum atomic E-state index is 13.7. The van der Waals surface area contributed by atoms with Crippen LogP contribution < -0.4 is 25.2 Å². The second-order valence-corrected chi connectivity index (χ2v) is 26.9. The molecular formula is C53H60AlBr2F2N5O13S2. The Balaban J connectivity index is 0.000000237. The molecule has 6 aromatic rings. The molecule has 78 heavy (non-hydrogen) atoms. The van der Waals surface area contributed by atoms with Gasteiger partial charge in [-0.15, -0.1) is 17.4 Å². The third-order valence-electron chi connectivity index (χ3n) is 11.4. The SMILES string of the molecule is CC[C@H]1COCC(Br)c2nc(C(=O)CCc3ccc(F)cc3)c(OS(=O)(=O)c3ccccc3)c(=O)n21.CC[C@H]1COCC(Br)c2nc(C(=O)OC)c(OS(=O)(=O)c3ccccc3)c(=O)n21.NCc1ccc(F)cc1.[CH3][Al]([CH3])[CH3]. The number of benzene rings is 4. The largest absolute Gasteiger partial charge is 0.464 e. The Morgan fingerprint density at radius 3 is 1.42 bits per heavy atom. The van der Waals surface area contributed by atoms with Gasteiger partial charge in [0.1, 0.15) is 33.1 Å². The van der Waals surface area contributed by atoms with Gasteiger partial charge >= 0.3 is 26.2 Å². The Morgan fingerprint density at radius 2 is 1.04 bits per heavy atom. The number of esters is 1. The summed E-state index contributed by atoms with van der Waals surface area (Å²) >= 11 is 6.72. The summed E-state index contributed by atoms with van der Waals surface area (Å²) in [5.41, 5.74) is 4.49. The maximum absolute atomic E-state index is 13.7. The van der Waals surface area contributed by atoms with E-state index in [0.717, 1.165) is 12.7 Å². The number of fused-ring (bicyclic) bond motifs is 2. The fourth-order valence-corrected chi connectivity index (χ4v) is 10.4. The first-order chi connectivity index (χ1) is 37.1. The summed E-state index contributed by atoms with van der Waals surface area (Å²) < 4.78 is 106. The van der Waals surface area contributed by atoms with Gasteiger partial charge in [-0.25, -0.2) is 23.5 Å². The summed E-state index contributed by atoms with van der Waals surface area (Å²) in [4.78, 5) is 59.9. The first-order valence-electron chi connectivity index (χ1n) is 24.6. The Hall–Kier alpha value is -5.49. The Bertz CT molecular complexity index is 3330. The topological polar surface area (TPSA) is 244 Å². The number of methoxy groups -OCH3 is 1. The third kappa shape index (κ3) is 17.0. The number of nitrogens with two attached hydrogens (primary N) is 1. The zero-order chi connectivity index (χ0) is 57.3. The van der Waals surface area contributed by atoms with Crippen LogP contribution in [-0.4, -0.2) is 95.4 Å². The average molecular weight is 1260 g/mol. The number of carbonyl (C=O) groups is 2. The van der Waals surface area contributed by atoms with Gasteiger partial charge in [-0.3, -0.25) is 23.5 Å². The molecule has 4 heterocycles. The van der Waals surface area contributed by atoms with E-state index in [4.69, 9.17) is 28.3 Å². The molecule has 0 radical (unpaired) electrons. The Labute approximate surface area is 473 Å². The van der Waals surface area contributed by atoms with Gasteiger partial charge in [0.25, 0.3) is 25.3 Å². The van der Waals surface area contributed by atoms with E-state index in [-0.39, 0.29) is 86.4 Å². The van der Waals surface area contributed by atoms with Crippen molar-refractivity contribution in [3.8, 4) is 11.5 Å². The fraction of sp³-hybridized carbons (Fsp3) is 0.358. The number of aryl methyl sites for hydroxylation is 1. The van der Waals surface area contributed by atoms with E-state index in [0.29, 0.717) is 24.9 Å². The highest BCUT2D eigenvalue weighted by Crippen LogP contribution is 2.33. The average Bonchev–Trinajstić information content (AvgIpc) is 3.76. The second kappa shape index (κ2) is 29.6. The summed E-state index contributed by atoms with van der Waals surface area (Å²) in [7, 11) is -7.70. The molecular weight excluding hydrogens is 1200 g/mol. The van der Waals surface area contributed by atoms with Crippen LogP contribution in [0.5, 0.6) is 11.5 Å². The van der Waals surface area contributed by atoms with Crippen LogP contribution in [0, 0.1) is 11.6 Å². The molecule has 2 unspecified atom stereocenters. The molecule has 4 aromatic carbocycles. The molecule has 2 aliphatic heterocycles. The molecule has 2 aliphatic rings. The second-order valence-electron chi connectivity index (χ2n) is 18.1. The molecule has 0 bridgehead atoms. The summed E-state index contributed by atoms with van der Waals surface area (Å²) in [6, 6.07) is 25.7. The van der Waals surface area contributed by atoms with Crippen LogP contribution in [0.25, 0.3) is 0 Å². The zero-order valence-corrected chi connectivity index (χ0v) is 49.6. The summed E-state index contributed by atoms with van der Waals surface area (Å²) in [5.74, 6) is 3.90. The molecule has 2 N–H and O–H groups in total. The summed E-state index contributed by atoms with van der Waals surface area (Å²) in [5, 5.41) is 0. The van der Waals surface area contributed by atoms with E-state index < -0.39 is 87.9 Å². The van der Waals surface area contributed by atoms with Gasteiger partial charge in [0.05, 0.1) is 55.3 Å². The molecule has 8 rings (SSSR count). The van der Waals surface area contributed by atoms with Crippen molar-refractivity contribution in [1.82, 2.24) is 19.1 Å². The van der Waals surface area contributed by atoms with Crippen LogP contribution >= 0.6 is 31.9 Å². The molecule has 4 atom stereocenters. The molecule has 0 saturated heterocycles. The van der Waals surface area contributed by atoms with Gasteiger partial charge in [0.15, 0.2) is 17.2 Å². The predicted octanol–water partition coefficient (Wildman–Crippen LogP) is 9.25. The van der Waals surface area contributed by atoms with Crippen molar-refractivity contribution in [2.24, 2.45) is 5.73 Å². The summed E-state index contributed by atoms with van der Waals surface area (Å²) in [6.07, 6.45) is 1.18. The molecule has 0 amide bonds. The monoisotopic (exact) mass is 1260 g/mol. The number of aromatic nitrogens is 4. The van der Waals surface area contributed by atoms with Crippen molar-refractivity contribution >= 4 is 78.0 Å². The van der Waals surface area contributed by atoms with E-state index in [1.54, 1.807) is 36.4 Å². The maximum Gasteiger partial charge on any atom is 0.360 e. The molecule has 0 aliphatic carbocycles. The number of nitrogens with zero attached hydrogens (tertiary/aromatic N) is 4. The number of hydrogen-bond donors (Lipinski definition) is 1. The van der Waals surface area contributed by atoms with E-state index in [1.165, 1.54) is 81.9 Å². The van der Waals surface area contributed by atoms with Gasteiger partial charge in [-0.2, -0.15) is 16.8 Å². The number of hydrogen-bond acceptors (Lipinski definition) is 16. The fourth-order valence-electron chi connectivity index (χ4n) is 7.44. The number of rotatable bonds is 14. The number of ketones is 1. The number of halogens is 4. The van der Waals surface area contributed by atoms with Crippen LogP contribution in [0.1, 0.15) is 98.6 Å². The van der Waals surface area contributed by atoms with Crippen molar-refractivity contribution in [2.75, 3.05) is 33.5 Å². The molecule has 0 saturated carbocycles. The highest BCUT2D eigenvalue weighted by Gasteiger charge is 2.35. The normalized spacial score (nSPS) is 16.8. The van der Waals surface area contributed by atoms with Crippen LogP contribution in [-0.2, 0) is 47.4 Å². The van der Waals surface area contributed by atoms with Crippen molar-refractivity contribution in [3.63, 3.8) is 0 Å². The van der Waals surface area contributed by atoms with E-state index in [2.05, 4.69) is 59.2 Å².